The van der Waals surface area contributed by atoms with Gasteiger partial charge in [-0.15, -0.1) is 5.10 Å². The highest BCUT2D eigenvalue weighted by Gasteiger charge is 2.30. The Balaban J connectivity index is 2.46. The summed E-state index contributed by atoms with van der Waals surface area (Å²) >= 11 is 0. The van der Waals surface area contributed by atoms with Crippen molar-refractivity contribution in [2.45, 2.75) is 12.7 Å². The molecule has 20 heavy (non-hydrogen) atoms. The first kappa shape index (κ1) is 14.0. The van der Waals surface area contributed by atoms with Crippen LogP contribution >= 0.6 is 0 Å². The van der Waals surface area contributed by atoms with Crippen molar-refractivity contribution in [2.75, 3.05) is 6.61 Å². The van der Waals surface area contributed by atoms with E-state index in [2.05, 4.69) is 10.3 Å². The number of aromatic nitrogens is 3. The number of aliphatic hydroxyl groups is 1. The number of aliphatic hydroxyl groups excluding tert-OH is 1. The molecule has 0 aliphatic heterocycles. The van der Waals surface area contributed by atoms with Gasteiger partial charge in [-0.3, -0.25) is 0 Å². The summed E-state index contributed by atoms with van der Waals surface area (Å²) in [6, 6.07) is 6.16. The van der Waals surface area contributed by atoms with Gasteiger partial charge in [0.15, 0.2) is 5.69 Å². The number of halogens is 3. The number of hydrogen-bond donors (Lipinski definition) is 1. The van der Waals surface area contributed by atoms with Crippen LogP contribution in [0.1, 0.15) is 11.3 Å². The molecule has 0 aliphatic carbocycles. The average Bonchev–Trinajstić information content (AvgIpc) is 2.81. The Bertz CT molecular complexity index is 640. The topological polar surface area (TPSA) is 74.7 Å². The van der Waals surface area contributed by atoms with Crippen molar-refractivity contribution in [2.24, 2.45) is 0 Å². The molecule has 1 aromatic carbocycles. The summed E-state index contributed by atoms with van der Waals surface area (Å²) in [6.07, 6.45) is -4.42. The van der Waals surface area contributed by atoms with Crippen molar-refractivity contribution in [3.63, 3.8) is 0 Å². The van der Waals surface area contributed by atoms with Crippen LogP contribution in [0.4, 0.5) is 13.2 Å². The average molecular weight is 282 g/mol. The molecule has 0 atom stereocenters. The molecule has 2 aromatic rings. The maximum absolute atomic E-state index is 12.5. The SMILES string of the molecule is N#Cc1nnn(CCO)c1-c1ccc(C(F)(F)F)cc1. The first-order chi connectivity index (χ1) is 9.47. The minimum absolute atomic E-state index is 0.00166. The fraction of sp³-hybridized carbons (Fsp3) is 0.250. The maximum atomic E-state index is 12.5. The van der Waals surface area contributed by atoms with Gasteiger partial charge in [-0.25, -0.2) is 4.68 Å². The van der Waals surface area contributed by atoms with E-state index in [0.717, 1.165) is 12.1 Å². The lowest BCUT2D eigenvalue weighted by molar-refractivity contribution is -0.137. The van der Waals surface area contributed by atoms with Crippen LogP contribution in [0.2, 0.25) is 0 Å². The zero-order valence-corrected chi connectivity index (χ0v) is 10.1. The van der Waals surface area contributed by atoms with Gasteiger partial charge in [0.2, 0.25) is 0 Å². The number of nitriles is 1. The monoisotopic (exact) mass is 282 g/mol. The molecule has 2 rings (SSSR count). The minimum Gasteiger partial charge on any atom is -0.394 e. The molecular formula is C12H9F3N4O. The highest BCUT2D eigenvalue weighted by Crippen LogP contribution is 2.31. The first-order valence-electron chi connectivity index (χ1n) is 5.59. The fourth-order valence-corrected chi connectivity index (χ4v) is 1.74. The summed E-state index contributed by atoms with van der Waals surface area (Å²) in [5, 5.41) is 25.1. The second-order valence-electron chi connectivity index (χ2n) is 3.92. The van der Waals surface area contributed by atoms with E-state index in [-0.39, 0.29) is 24.5 Å². The van der Waals surface area contributed by atoms with E-state index in [9.17, 15) is 13.2 Å². The van der Waals surface area contributed by atoms with Crippen molar-refractivity contribution >= 4 is 0 Å². The molecule has 0 amide bonds. The molecule has 0 unspecified atom stereocenters. The summed E-state index contributed by atoms with van der Waals surface area (Å²) in [5.74, 6) is 0. The molecule has 0 saturated heterocycles. The summed E-state index contributed by atoms with van der Waals surface area (Å²) < 4.78 is 38.8. The highest BCUT2D eigenvalue weighted by molar-refractivity contribution is 5.65. The Morgan fingerprint density at radius 3 is 2.40 bits per heavy atom. The van der Waals surface area contributed by atoms with Gasteiger partial charge in [-0.05, 0) is 12.1 Å². The lowest BCUT2D eigenvalue weighted by atomic mass is 10.1. The normalized spacial score (nSPS) is 11.3. The fourth-order valence-electron chi connectivity index (χ4n) is 1.74. The Labute approximate surface area is 111 Å². The molecule has 5 nitrogen and oxygen atoms in total. The Kier molecular flexibility index (Phi) is 3.72. The Morgan fingerprint density at radius 2 is 1.90 bits per heavy atom. The second kappa shape index (κ2) is 5.30. The summed E-state index contributed by atoms with van der Waals surface area (Å²) in [4.78, 5) is 0. The van der Waals surface area contributed by atoms with Gasteiger partial charge >= 0.3 is 6.18 Å². The van der Waals surface area contributed by atoms with Crippen LogP contribution < -0.4 is 0 Å². The Hall–Kier alpha value is -2.40. The van der Waals surface area contributed by atoms with Gasteiger partial charge in [0.1, 0.15) is 11.8 Å². The molecule has 1 N–H and O–H groups in total. The van der Waals surface area contributed by atoms with Crippen LogP contribution in [-0.2, 0) is 12.7 Å². The van der Waals surface area contributed by atoms with Crippen LogP contribution in [0.25, 0.3) is 11.3 Å². The van der Waals surface area contributed by atoms with Gasteiger partial charge in [-0.2, -0.15) is 18.4 Å². The lowest BCUT2D eigenvalue weighted by Crippen LogP contribution is -2.07. The number of alkyl halides is 3. The van der Waals surface area contributed by atoms with E-state index in [0.29, 0.717) is 5.56 Å². The van der Waals surface area contributed by atoms with E-state index >= 15 is 0 Å². The Morgan fingerprint density at radius 1 is 1.25 bits per heavy atom. The van der Waals surface area contributed by atoms with Crippen LogP contribution in [0.3, 0.4) is 0 Å². The van der Waals surface area contributed by atoms with Crippen molar-refractivity contribution in [3.05, 3.63) is 35.5 Å². The van der Waals surface area contributed by atoms with Crippen LogP contribution in [0.15, 0.2) is 24.3 Å². The third kappa shape index (κ3) is 2.62. The van der Waals surface area contributed by atoms with Crippen LogP contribution in [0.5, 0.6) is 0 Å². The van der Waals surface area contributed by atoms with Crippen LogP contribution in [0, 0.1) is 11.3 Å². The molecule has 104 valence electrons. The van der Waals surface area contributed by atoms with E-state index in [1.165, 1.54) is 16.8 Å². The largest absolute Gasteiger partial charge is 0.416 e. The van der Waals surface area contributed by atoms with Crippen molar-refractivity contribution in [3.8, 4) is 17.3 Å². The van der Waals surface area contributed by atoms with Crippen molar-refractivity contribution in [1.82, 2.24) is 15.0 Å². The third-order valence-electron chi connectivity index (χ3n) is 2.64. The zero-order chi connectivity index (χ0) is 14.8. The van der Waals surface area contributed by atoms with Crippen molar-refractivity contribution < 1.29 is 18.3 Å². The molecule has 8 heteroatoms. The third-order valence-corrected chi connectivity index (χ3v) is 2.64. The van der Waals surface area contributed by atoms with E-state index in [1.807, 2.05) is 6.07 Å². The minimum atomic E-state index is -4.42. The molecule has 0 bridgehead atoms. The molecule has 0 radical (unpaired) electrons. The predicted octanol–water partition coefficient (Wildman–Crippen LogP) is 1.83. The molecule has 0 fully saturated rings. The smallest absolute Gasteiger partial charge is 0.394 e. The molecule has 0 spiro atoms. The van der Waals surface area contributed by atoms with Gasteiger partial charge in [-0.1, -0.05) is 17.3 Å². The number of nitrogens with zero attached hydrogens (tertiary/aromatic N) is 4. The number of hydrogen-bond acceptors (Lipinski definition) is 4. The van der Waals surface area contributed by atoms with Gasteiger partial charge < -0.3 is 5.11 Å². The zero-order valence-electron chi connectivity index (χ0n) is 10.1. The number of benzene rings is 1. The van der Waals surface area contributed by atoms with Gasteiger partial charge in [0.25, 0.3) is 0 Å². The standard InChI is InChI=1S/C12H9F3N4O/c13-12(14,15)9-3-1-8(2-4-9)11-10(7-16)17-18-19(11)5-6-20/h1-4,20H,5-6H2. The molecular weight excluding hydrogens is 273 g/mol. The summed E-state index contributed by atoms with van der Waals surface area (Å²) in [7, 11) is 0. The summed E-state index contributed by atoms with van der Waals surface area (Å²) in [5.41, 5.74) is -0.109. The van der Waals surface area contributed by atoms with E-state index < -0.39 is 11.7 Å². The van der Waals surface area contributed by atoms with Gasteiger partial charge in [0, 0.05) is 5.56 Å². The molecule has 0 saturated carbocycles. The predicted molar refractivity (Wildman–Crippen MR) is 62.3 cm³/mol. The highest BCUT2D eigenvalue weighted by atomic mass is 19.4. The van der Waals surface area contributed by atoms with E-state index in [1.54, 1.807) is 0 Å². The molecule has 0 aliphatic rings. The summed E-state index contributed by atoms with van der Waals surface area (Å²) in [6.45, 7) is -0.118. The number of rotatable bonds is 3. The lowest BCUT2D eigenvalue weighted by Gasteiger charge is -2.08. The molecule has 1 heterocycles. The van der Waals surface area contributed by atoms with Crippen molar-refractivity contribution in [1.29, 1.82) is 5.26 Å². The molecule has 1 aromatic heterocycles. The quantitative estimate of drug-likeness (QED) is 0.932. The van der Waals surface area contributed by atoms with E-state index in [4.69, 9.17) is 10.4 Å². The first-order valence-corrected chi connectivity index (χ1v) is 5.59. The maximum Gasteiger partial charge on any atom is 0.416 e. The van der Waals surface area contributed by atoms with Crippen LogP contribution in [-0.4, -0.2) is 26.7 Å². The van der Waals surface area contributed by atoms with Gasteiger partial charge in [0.05, 0.1) is 18.7 Å². The second-order valence-corrected chi connectivity index (χ2v) is 3.92.